The predicted molar refractivity (Wildman–Crippen MR) is 129 cm³/mol. The second-order valence-corrected chi connectivity index (χ2v) is 11.6. The summed E-state index contributed by atoms with van der Waals surface area (Å²) in [6.45, 7) is 7.51. The minimum Gasteiger partial charge on any atom is -0.395 e. The highest BCUT2D eigenvalue weighted by molar-refractivity contribution is 7.88. The molecule has 0 aliphatic rings. The van der Waals surface area contributed by atoms with Gasteiger partial charge < -0.3 is 5.11 Å². The summed E-state index contributed by atoms with van der Waals surface area (Å²) >= 11 is 8.08. The van der Waals surface area contributed by atoms with Crippen LogP contribution in [0.4, 0.5) is 0 Å². The van der Waals surface area contributed by atoms with Crippen LogP contribution < -0.4 is 4.72 Å². The third-order valence-electron chi connectivity index (χ3n) is 4.85. The Bertz CT molecular complexity index is 1170. The Morgan fingerprint density at radius 1 is 1.16 bits per heavy atom. The molecule has 5 nitrogen and oxygen atoms in total. The number of halogens is 1. The summed E-state index contributed by atoms with van der Waals surface area (Å²) in [5.74, 6) is -0.110. The van der Waals surface area contributed by atoms with Crippen LogP contribution in [0.15, 0.2) is 48.0 Å². The number of hydrogen-bond donors (Lipinski definition) is 2. The van der Waals surface area contributed by atoms with Gasteiger partial charge in [-0.1, -0.05) is 37.6 Å². The van der Waals surface area contributed by atoms with E-state index < -0.39 is 15.4 Å². The van der Waals surface area contributed by atoms with Crippen LogP contribution in [-0.4, -0.2) is 31.2 Å². The van der Waals surface area contributed by atoms with E-state index in [4.69, 9.17) is 11.6 Å². The molecule has 0 fully saturated rings. The highest BCUT2D eigenvalue weighted by Crippen LogP contribution is 2.37. The van der Waals surface area contributed by atoms with E-state index in [0.717, 1.165) is 27.3 Å². The third-order valence-corrected chi connectivity index (χ3v) is 7.67. The number of nitrogens with zero attached hydrogens (tertiary/aromatic N) is 1. The zero-order valence-electron chi connectivity index (χ0n) is 18.0. The number of thiophene rings is 1. The van der Waals surface area contributed by atoms with Crippen LogP contribution in [-0.2, 0) is 21.2 Å². The number of hydrogen-bond acceptors (Lipinski definition) is 5. The first kappa shape index (κ1) is 23.9. The van der Waals surface area contributed by atoms with Crippen molar-refractivity contribution in [1.29, 1.82) is 0 Å². The third kappa shape index (κ3) is 5.93. The highest BCUT2D eigenvalue weighted by Gasteiger charge is 2.21. The Kier molecular flexibility index (Phi) is 7.23. The molecular weight excluding hydrogens is 452 g/mol. The fraction of sp³-hybridized carbons (Fsp3) is 0.348. The van der Waals surface area contributed by atoms with Crippen LogP contribution in [0.5, 0.6) is 0 Å². The Morgan fingerprint density at radius 3 is 2.55 bits per heavy atom. The smallest absolute Gasteiger partial charge is 0.216 e. The summed E-state index contributed by atoms with van der Waals surface area (Å²) in [7, 11) is -3.41. The number of rotatable bonds is 8. The van der Waals surface area contributed by atoms with Gasteiger partial charge in [-0.05, 0) is 60.2 Å². The van der Waals surface area contributed by atoms with Crippen molar-refractivity contribution in [1.82, 2.24) is 9.71 Å². The monoisotopic (exact) mass is 478 g/mol. The molecule has 3 rings (SSSR count). The van der Waals surface area contributed by atoms with Gasteiger partial charge in [0, 0.05) is 38.8 Å². The number of sulfonamides is 1. The predicted octanol–water partition coefficient (Wildman–Crippen LogP) is 5.23. The lowest BCUT2D eigenvalue weighted by atomic mass is 9.88. The molecule has 0 saturated heterocycles. The number of benzene rings is 1. The number of aliphatic hydroxyl groups excluding tert-OH is 1. The maximum Gasteiger partial charge on any atom is 0.216 e. The first-order chi connectivity index (χ1) is 14.5. The van der Waals surface area contributed by atoms with Crippen molar-refractivity contribution >= 4 is 33.0 Å². The van der Waals surface area contributed by atoms with Crippen molar-refractivity contribution in [3.63, 3.8) is 0 Å². The first-order valence-electron chi connectivity index (χ1n) is 9.96. The minimum absolute atomic E-state index is 0.0166. The topological polar surface area (TPSA) is 79.3 Å². The van der Waals surface area contributed by atoms with Crippen molar-refractivity contribution in [2.75, 3.05) is 6.61 Å². The lowest BCUT2D eigenvalue weighted by molar-refractivity contribution is 0.215. The van der Waals surface area contributed by atoms with Gasteiger partial charge >= 0.3 is 0 Å². The summed E-state index contributed by atoms with van der Waals surface area (Å²) in [6.07, 6.45) is 1.76. The first-order valence-corrected chi connectivity index (χ1v) is 12.9. The summed E-state index contributed by atoms with van der Waals surface area (Å²) < 4.78 is 27.0. The Labute approximate surface area is 193 Å². The highest BCUT2D eigenvalue weighted by atomic mass is 35.5. The van der Waals surface area contributed by atoms with Crippen LogP contribution in [0.25, 0.3) is 21.6 Å². The van der Waals surface area contributed by atoms with Crippen molar-refractivity contribution in [2.45, 2.75) is 44.9 Å². The molecule has 8 heteroatoms. The van der Waals surface area contributed by atoms with Gasteiger partial charge in [0.1, 0.15) is 0 Å². The van der Waals surface area contributed by atoms with Crippen molar-refractivity contribution in [2.24, 2.45) is 0 Å². The molecule has 0 radical (unpaired) electrons. The van der Waals surface area contributed by atoms with Crippen LogP contribution in [0.3, 0.4) is 0 Å². The van der Waals surface area contributed by atoms with Gasteiger partial charge in [0.2, 0.25) is 10.0 Å². The van der Waals surface area contributed by atoms with Crippen LogP contribution in [0.1, 0.15) is 39.0 Å². The minimum atomic E-state index is -3.41. The number of aromatic nitrogens is 1. The summed E-state index contributed by atoms with van der Waals surface area (Å²) in [6, 6.07) is 11.2. The van der Waals surface area contributed by atoms with Crippen LogP contribution in [0.2, 0.25) is 5.02 Å². The lowest BCUT2D eigenvalue weighted by Crippen LogP contribution is -2.31. The standard InChI is InChI=1S/C23H27ClN2O3S2/c1-15(2)26-31(28,29)13-16-5-6-19(20(24)9-16)21-10-18(12-30-21)17-7-8-25-22(11-17)23(3,4)14-27/h5-12,15,26-27H,13-14H2,1-4H3. The summed E-state index contributed by atoms with van der Waals surface area (Å²) in [5, 5.41) is 12.2. The molecule has 31 heavy (non-hydrogen) atoms. The van der Waals surface area contributed by atoms with Gasteiger partial charge in [0.25, 0.3) is 0 Å². The van der Waals surface area contributed by atoms with Crippen molar-refractivity contribution in [3.05, 3.63) is 64.3 Å². The van der Waals surface area contributed by atoms with Crippen molar-refractivity contribution in [3.8, 4) is 21.6 Å². The summed E-state index contributed by atoms with van der Waals surface area (Å²) in [4.78, 5) is 5.41. The molecule has 2 aromatic heterocycles. The molecule has 166 valence electrons. The SMILES string of the molecule is CC(C)NS(=O)(=O)Cc1ccc(-c2cc(-c3ccnc(C(C)(C)CO)c3)cs2)c(Cl)c1. The van der Waals surface area contributed by atoms with Crippen LogP contribution in [0, 0.1) is 0 Å². The van der Waals surface area contributed by atoms with E-state index in [1.54, 1.807) is 43.5 Å². The van der Waals surface area contributed by atoms with Gasteiger partial charge in [0.05, 0.1) is 12.4 Å². The molecule has 2 N–H and O–H groups in total. The van der Waals surface area contributed by atoms with Crippen LogP contribution >= 0.6 is 22.9 Å². The van der Waals surface area contributed by atoms with Gasteiger partial charge in [-0.3, -0.25) is 4.98 Å². The zero-order valence-corrected chi connectivity index (χ0v) is 20.4. The molecule has 1 aromatic carbocycles. The molecule has 0 bridgehead atoms. The number of pyridine rings is 1. The Morgan fingerprint density at radius 2 is 1.90 bits per heavy atom. The van der Waals surface area contributed by atoms with E-state index in [1.165, 1.54) is 0 Å². The quantitative estimate of drug-likeness (QED) is 0.464. The second kappa shape index (κ2) is 9.38. The van der Waals surface area contributed by atoms with E-state index in [2.05, 4.69) is 21.2 Å². The normalized spacial score (nSPS) is 12.5. The summed E-state index contributed by atoms with van der Waals surface area (Å²) in [5.41, 5.74) is 3.98. The van der Waals surface area contributed by atoms with E-state index in [0.29, 0.717) is 10.6 Å². The number of nitrogens with one attached hydrogen (secondary N) is 1. The Hall–Kier alpha value is -1.77. The molecule has 0 spiro atoms. The average molecular weight is 479 g/mol. The van der Waals surface area contributed by atoms with E-state index in [-0.39, 0.29) is 18.4 Å². The average Bonchev–Trinajstić information content (AvgIpc) is 3.16. The van der Waals surface area contributed by atoms with E-state index in [1.807, 2.05) is 32.0 Å². The largest absolute Gasteiger partial charge is 0.395 e. The molecule has 0 aliphatic carbocycles. The van der Waals surface area contributed by atoms with E-state index in [9.17, 15) is 13.5 Å². The second-order valence-electron chi connectivity index (χ2n) is 8.52. The molecule has 0 atom stereocenters. The molecule has 0 saturated carbocycles. The number of aliphatic hydroxyl groups is 1. The molecular formula is C23H27ClN2O3S2. The molecule has 0 unspecified atom stereocenters. The fourth-order valence-corrected chi connectivity index (χ4v) is 5.90. The van der Waals surface area contributed by atoms with Gasteiger partial charge in [-0.25, -0.2) is 13.1 Å². The van der Waals surface area contributed by atoms with Gasteiger partial charge in [0.15, 0.2) is 0 Å². The van der Waals surface area contributed by atoms with Crippen molar-refractivity contribution < 1.29 is 13.5 Å². The van der Waals surface area contributed by atoms with Gasteiger partial charge in [-0.15, -0.1) is 11.3 Å². The molecule has 2 heterocycles. The molecule has 0 aliphatic heterocycles. The zero-order chi connectivity index (χ0) is 22.8. The molecule has 0 amide bonds. The maximum absolute atomic E-state index is 12.2. The fourth-order valence-electron chi connectivity index (χ4n) is 3.16. The van der Waals surface area contributed by atoms with E-state index >= 15 is 0 Å². The lowest BCUT2D eigenvalue weighted by Gasteiger charge is -2.21. The maximum atomic E-state index is 12.2. The van der Waals surface area contributed by atoms with Gasteiger partial charge in [-0.2, -0.15) is 0 Å². The Balaban J connectivity index is 1.86. The molecule has 3 aromatic rings.